The third-order valence-corrected chi connectivity index (χ3v) is 3.02. The van der Waals surface area contributed by atoms with Crippen LogP contribution in [0.2, 0.25) is 10.0 Å². The maximum absolute atomic E-state index is 11.1. The molecule has 0 unspecified atom stereocenters. The Hall–Kier alpha value is -1.52. The molecule has 2 N–H and O–H groups in total. The lowest BCUT2D eigenvalue weighted by Crippen LogP contribution is -2.08. The van der Waals surface area contributed by atoms with E-state index in [9.17, 15) is 9.59 Å². The minimum Gasteiger partial charge on any atom is -0.360 e. The second-order valence-corrected chi connectivity index (χ2v) is 4.31. The Labute approximate surface area is 114 Å². The van der Waals surface area contributed by atoms with E-state index in [1.165, 1.54) is 6.07 Å². The fourth-order valence-corrected chi connectivity index (χ4v) is 1.54. The summed E-state index contributed by atoms with van der Waals surface area (Å²) >= 11 is 11.3. The smallest absolute Gasteiger partial charge is 0.247 e. The Morgan fingerprint density at radius 2 is 1.56 bits per heavy atom. The number of aromatic nitrogens is 2. The number of hydrogen-bond acceptors (Lipinski definition) is 2. The van der Waals surface area contributed by atoms with E-state index in [-0.39, 0.29) is 21.0 Å². The van der Waals surface area contributed by atoms with Crippen molar-refractivity contribution in [1.82, 2.24) is 9.97 Å². The van der Waals surface area contributed by atoms with Gasteiger partial charge in [-0.3, -0.25) is 9.59 Å². The Morgan fingerprint density at radius 3 is 1.89 bits per heavy atom. The van der Waals surface area contributed by atoms with Crippen LogP contribution in [-0.4, -0.2) is 9.97 Å². The molecule has 0 atom stereocenters. The highest BCUT2D eigenvalue weighted by Crippen LogP contribution is 2.14. The quantitative estimate of drug-likeness (QED) is 0.782. The summed E-state index contributed by atoms with van der Waals surface area (Å²) < 4.78 is 0. The molecule has 0 saturated carbocycles. The molecule has 18 heavy (non-hydrogen) atoms. The molecule has 6 heteroatoms. The molecule has 0 fully saturated rings. The number of aromatic amines is 2. The summed E-state index contributed by atoms with van der Waals surface area (Å²) in [5, 5.41) is 0.334. The fraction of sp³-hybridized carbons (Fsp3) is 0.167. The summed E-state index contributed by atoms with van der Waals surface area (Å²) in [5.41, 5.74) is 0.946. The summed E-state index contributed by atoms with van der Waals surface area (Å²) in [7, 11) is 0. The molecular weight excluding hydrogens is 275 g/mol. The van der Waals surface area contributed by atoms with Crippen molar-refractivity contribution in [2.45, 2.75) is 13.8 Å². The van der Waals surface area contributed by atoms with Gasteiger partial charge in [0.15, 0.2) is 0 Å². The number of nitrogens with one attached hydrogen (secondary N) is 2. The van der Waals surface area contributed by atoms with Crippen LogP contribution in [0.3, 0.4) is 0 Å². The summed E-state index contributed by atoms with van der Waals surface area (Å²) in [4.78, 5) is 26.7. The van der Waals surface area contributed by atoms with Crippen molar-refractivity contribution in [3.05, 3.63) is 66.4 Å². The molecule has 2 rings (SSSR count). The van der Waals surface area contributed by atoms with Gasteiger partial charge in [-0.1, -0.05) is 29.3 Å². The maximum atomic E-state index is 11.1. The zero-order valence-electron chi connectivity index (χ0n) is 9.88. The van der Waals surface area contributed by atoms with Crippen molar-refractivity contribution in [2.24, 2.45) is 0 Å². The molecule has 0 aliphatic heterocycles. The Bertz CT molecular complexity index is 601. The summed E-state index contributed by atoms with van der Waals surface area (Å²) in [6.07, 6.45) is 1.60. The second-order valence-electron chi connectivity index (χ2n) is 3.56. The molecule has 0 radical (unpaired) electrons. The first-order chi connectivity index (χ1) is 8.43. The largest absolute Gasteiger partial charge is 0.360 e. The Morgan fingerprint density at radius 1 is 1.00 bits per heavy atom. The average molecular weight is 287 g/mol. The minimum absolute atomic E-state index is 0.0532. The molecule has 2 heterocycles. The molecule has 0 amide bonds. The fourth-order valence-electron chi connectivity index (χ4n) is 1.20. The molecule has 96 valence electrons. The zero-order chi connectivity index (χ0) is 13.7. The number of H-pyrrole nitrogens is 2. The summed E-state index contributed by atoms with van der Waals surface area (Å²) in [5.74, 6) is 0. The van der Waals surface area contributed by atoms with Crippen LogP contribution >= 0.6 is 23.2 Å². The van der Waals surface area contributed by atoms with Crippen LogP contribution in [0.4, 0.5) is 0 Å². The van der Waals surface area contributed by atoms with Gasteiger partial charge in [0.25, 0.3) is 0 Å². The standard InChI is InChI=1S/C7H7Cl2NO.C5H5NO/c1-3-5(8)7(11)6(9)4(2)10-3;7-5-3-1-2-4-6-5/h1-2H3,(H,10,11);1-4H,(H,6,7). The molecule has 0 saturated heterocycles. The predicted molar refractivity (Wildman–Crippen MR) is 73.6 cm³/mol. The highest BCUT2D eigenvalue weighted by molar-refractivity contribution is 6.35. The van der Waals surface area contributed by atoms with Crippen LogP contribution in [0.5, 0.6) is 0 Å². The molecule has 0 aliphatic rings. The van der Waals surface area contributed by atoms with Gasteiger partial charge < -0.3 is 9.97 Å². The van der Waals surface area contributed by atoms with E-state index in [0.717, 1.165) is 0 Å². The number of pyridine rings is 2. The Balaban J connectivity index is 0.000000199. The van der Waals surface area contributed by atoms with E-state index in [0.29, 0.717) is 11.4 Å². The Kier molecular flexibility index (Phi) is 5.19. The van der Waals surface area contributed by atoms with E-state index in [1.54, 1.807) is 32.2 Å². The topological polar surface area (TPSA) is 65.7 Å². The monoisotopic (exact) mass is 286 g/mol. The van der Waals surface area contributed by atoms with Gasteiger partial charge >= 0.3 is 0 Å². The van der Waals surface area contributed by atoms with Crippen LogP contribution in [0.25, 0.3) is 0 Å². The highest BCUT2D eigenvalue weighted by atomic mass is 35.5. The molecule has 4 nitrogen and oxygen atoms in total. The maximum Gasteiger partial charge on any atom is 0.247 e. The summed E-state index contributed by atoms with van der Waals surface area (Å²) in [6.45, 7) is 3.46. The van der Waals surface area contributed by atoms with Gasteiger partial charge in [0, 0.05) is 23.7 Å². The minimum atomic E-state index is -0.304. The van der Waals surface area contributed by atoms with Gasteiger partial charge in [-0.15, -0.1) is 0 Å². The van der Waals surface area contributed by atoms with Crippen LogP contribution in [0.15, 0.2) is 34.0 Å². The van der Waals surface area contributed by atoms with Crippen LogP contribution in [-0.2, 0) is 0 Å². The molecule has 0 aromatic carbocycles. The number of aryl methyl sites for hydroxylation is 2. The van der Waals surface area contributed by atoms with Gasteiger partial charge in [0.2, 0.25) is 11.0 Å². The van der Waals surface area contributed by atoms with Crippen molar-refractivity contribution in [2.75, 3.05) is 0 Å². The first-order valence-electron chi connectivity index (χ1n) is 5.11. The van der Waals surface area contributed by atoms with E-state index < -0.39 is 0 Å². The number of halogens is 2. The summed E-state index contributed by atoms with van der Waals surface area (Å²) in [6, 6.07) is 4.93. The van der Waals surface area contributed by atoms with Gasteiger partial charge in [-0.05, 0) is 19.9 Å². The first kappa shape index (κ1) is 14.5. The predicted octanol–water partition coefficient (Wildman–Crippen LogP) is 2.67. The molecular formula is C12H12Cl2N2O2. The lowest BCUT2D eigenvalue weighted by atomic mass is 10.3. The lowest BCUT2D eigenvalue weighted by Gasteiger charge is -2.01. The molecule has 2 aromatic heterocycles. The van der Waals surface area contributed by atoms with Crippen molar-refractivity contribution >= 4 is 23.2 Å². The zero-order valence-corrected chi connectivity index (χ0v) is 11.4. The van der Waals surface area contributed by atoms with Crippen LogP contribution < -0.4 is 11.0 Å². The van der Waals surface area contributed by atoms with Crippen molar-refractivity contribution in [1.29, 1.82) is 0 Å². The third-order valence-electron chi connectivity index (χ3n) is 2.11. The van der Waals surface area contributed by atoms with E-state index in [2.05, 4.69) is 9.97 Å². The van der Waals surface area contributed by atoms with E-state index in [1.807, 2.05) is 0 Å². The first-order valence-corrected chi connectivity index (χ1v) is 5.87. The van der Waals surface area contributed by atoms with Crippen molar-refractivity contribution in [3.63, 3.8) is 0 Å². The van der Waals surface area contributed by atoms with Gasteiger partial charge in [0.05, 0.1) is 0 Å². The van der Waals surface area contributed by atoms with E-state index >= 15 is 0 Å². The molecule has 0 bridgehead atoms. The molecule has 0 spiro atoms. The van der Waals surface area contributed by atoms with Gasteiger partial charge in [-0.2, -0.15) is 0 Å². The van der Waals surface area contributed by atoms with Crippen LogP contribution in [0.1, 0.15) is 11.4 Å². The van der Waals surface area contributed by atoms with Crippen molar-refractivity contribution in [3.8, 4) is 0 Å². The molecule has 0 aliphatic carbocycles. The van der Waals surface area contributed by atoms with E-state index in [4.69, 9.17) is 23.2 Å². The average Bonchev–Trinajstić information content (AvgIpc) is 2.36. The van der Waals surface area contributed by atoms with Gasteiger partial charge in [-0.25, -0.2) is 0 Å². The SMILES string of the molecule is Cc1[nH]c(C)c(Cl)c(=O)c1Cl.O=c1cccc[nH]1. The van der Waals surface area contributed by atoms with Gasteiger partial charge in [0.1, 0.15) is 10.0 Å². The normalized spacial score (nSPS) is 9.56. The highest BCUT2D eigenvalue weighted by Gasteiger charge is 2.07. The third kappa shape index (κ3) is 3.75. The lowest BCUT2D eigenvalue weighted by molar-refractivity contribution is 1.11. The van der Waals surface area contributed by atoms with Crippen molar-refractivity contribution < 1.29 is 0 Å². The number of hydrogen-bond donors (Lipinski definition) is 2. The second kappa shape index (κ2) is 6.42. The molecule has 2 aromatic rings. The number of rotatable bonds is 0. The van der Waals surface area contributed by atoms with Crippen LogP contribution in [0, 0.1) is 13.8 Å².